The van der Waals surface area contributed by atoms with Crippen LogP contribution in [0.15, 0.2) is 48.5 Å². The van der Waals surface area contributed by atoms with Gasteiger partial charge in [0, 0.05) is 16.6 Å². The lowest BCUT2D eigenvalue weighted by atomic mass is 9.92. The summed E-state index contributed by atoms with van der Waals surface area (Å²) in [7, 11) is 0. The predicted molar refractivity (Wildman–Crippen MR) is 111 cm³/mol. The van der Waals surface area contributed by atoms with Gasteiger partial charge in [0.15, 0.2) is 23.0 Å². The first-order chi connectivity index (χ1) is 14.2. The highest BCUT2D eigenvalue weighted by atomic mass is 16.3. The van der Waals surface area contributed by atoms with Gasteiger partial charge in [-0.2, -0.15) is 0 Å². The third kappa shape index (κ3) is 2.62. The van der Waals surface area contributed by atoms with Gasteiger partial charge in [0.25, 0.3) is 0 Å². The van der Waals surface area contributed by atoms with Crippen molar-refractivity contribution >= 4 is 16.5 Å². The number of rotatable bonds is 2. The zero-order valence-corrected chi connectivity index (χ0v) is 15.3. The maximum Gasteiger partial charge on any atom is 0.205 e. The van der Waals surface area contributed by atoms with E-state index in [-0.39, 0.29) is 10.9 Å². The van der Waals surface area contributed by atoms with Crippen molar-refractivity contribution in [2.45, 2.75) is 0 Å². The average Bonchev–Trinajstić information content (AvgIpc) is 2.75. The summed E-state index contributed by atoms with van der Waals surface area (Å²) in [5.41, 5.74) is 7.93. The van der Waals surface area contributed by atoms with E-state index in [1.165, 1.54) is 0 Å². The smallest absolute Gasteiger partial charge is 0.205 e. The quantitative estimate of drug-likeness (QED) is 0.141. The number of hydrogen-bond acceptors (Lipinski definition) is 8. The van der Waals surface area contributed by atoms with Gasteiger partial charge in [-0.25, -0.2) is 0 Å². The van der Waals surface area contributed by atoms with Gasteiger partial charge in [-0.1, -0.05) is 30.3 Å². The standard InChI is InChI=1S/C22H17NO7/c23-12-6-4-9(5-7-12)10-2-1-3-11(8-10)13-14-15(18(26)20(28)16(13)24)19(27)22(30)21(29)17(14)25/h1-8,24-30H,23H2. The summed E-state index contributed by atoms with van der Waals surface area (Å²) in [5.74, 6) is -6.70. The summed E-state index contributed by atoms with van der Waals surface area (Å²) in [6.07, 6.45) is 0. The molecule has 0 saturated carbocycles. The van der Waals surface area contributed by atoms with E-state index in [0.717, 1.165) is 5.56 Å². The van der Waals surface area contributed by atoms with Crippen molar-refractivity contribution in [3.63, 3.8) is 0 Å². The maximum absolute atomic E-state index is 10.5. The topological polar surface area (TPSA) is 168 Å². The fourth-order valence-corrected chi connectivity index (χ4v) is 3.45. The highest BCUT2D eigenvalue weighted by molar-refractivity contribution is 6.13. The summed E-state index contributed by atoms with van der Waals surface area (Å²) < 4.78 is 0. The average molecular weight is 407 g/mol. The highest BCUT2D eigenvalue weighted by Gasteiger charge is 2.29. The number of aromatic hydroxyl groups is 7. The van der Waals surface area contributed by atoms with E-state index >= 15 is 0 Å². The Kier molecular flexibility index (Phi) is 4.13. The first-order valence-electron chi connectivity index (χ1n) is 8.75. The van der Waals surface area contributed by atoms with Crippen LogP contribution < -0.4 is 5.73 Å². The van der Waals surface area contributed by atoms with Crippen LogP contribution in [0.3, 0.4) is 0 Å². The van der Waals surface area contributed by atoms with Crippen LogP contribution in [0.2, 0.25) is 0 Å². The van der Waals surface area contributed by atoms with E-state index in [0.29, 0.717) is 16.8 Å². The Labute approximate surface area is 169 Å². The van der Waals surface area contributed by atoms with Gasteiger partial charge in [0.05, 0.1) is 5.39 Å². The minimum absolute atomic E-state index is 0.166. The van der Waals surface area contributed by atoms with Crippen LogP contribution in [0.4, 0.5) is 5.69 Å². The number of anilines is 1. The van der Waals surface area contributed by atoms with Crippen molar-refractivity contribution in [3.05, 3.63) is 48.5 Å². The molecule has 0 spiro atoms. The van der Waals surface area contributed by atoms with Gasteiger partial charge in [-0.3, -0.25) is 0 Å². The number of phenolic OH excluding ortho intramolecular Hbond substituents is 7. The van der Waals surface area contributed by atoms with Crippen molar-refractivity contribution in [1.29, 1.82) is 0 Å². The highest BCUT2D eigenvalue weighted by Crippen LogP contribution is 2.59. The molecule has 152 valence electrons. The third-order valence-electron chi connectivity index (χ3n) is 4.96. The second kappa shape index (κ2) is 6.56. The maximum atomic E-state index is 10.5. The molecule has 0 amide bonds. The van der Waals surface area contributed by atoms with Crippen molar-refractivity contribution < 1.29 is 35.7 Å². The molecule has 8 nitrogen and oxygen atoms in total. The number of benzene rings is 4. The van der Waals surface area contributed by atoms with E-state index in [1.807, 2.05) is 0 Å². The van der Waals surface area contributed by atoms with Crippen LogP contribution in [0.25, 0.3) is 33.0 Å². The zero-order valence-electron chi connectivity index (χ0n) is 15.3. The fraction of sp³-hybridized carbons (Fsp3) is 0. The van der Waals surface area contributed by atoms with Gasteiger partial charge in [-0.05, 0) is 34.9 Å². The normalized spacial score (nSPS) is 11.1. The Bertz CT molecular complexity index is 1310. The van der Waals surface area contributed by atoms with Gasteiger partial charge in [0.1, 0.15) is 0 Å². The van der Waals surface area contributed by atoms with Gasteiger partial charge >= 0.3 is 0 Å². The molecule has 0 unspecified atom stereocenters. The molecule has 0 bridgehead atoms. The van der Waals surface area contributed by atoms with E-state index in [4.69, 9.17) is 5.73 Å². The molecule has 4 rings (SSSR count). The molecule has 0 saturated heterocycles. The Balaban J connectivity index is 2.09. The molecule has 30 heavy (non-hydrogen) atoms. The minimum Gasteiger partial charge on any atom is -0.504 e. The van der Waals surface area contributed by atoms with Gasteiger partial charge in [0.2, 0.25) is 17.2 Å². The van der Waals surface area contributed by atoms with Crippen LogP contribution in [0.5, 0.6) is 40.2 Å². The largest absolute Gasteiger partial charge is 0.504 e. The monoisotopic (exact) mass is 407 g/mol. The Morgan fingerprint density at radius 3 is 1.57 bits per heavy atom. The van der Waals surface area contributed by atoms with E-state index in [9.17, 15) is 35.7 Å². The first kappa shape index (κ1) is 18.9. The van der Waals surface area contributed by atoms with Crippen molar-refractivity contribution in [2.24, 2.45) is 0 Å². The summed E-state index contributed by atoms with van der Waals surface area (Å²) in [6, 6.07) is 13.6. The predicted octanol–water partition coefficient (Wildman–Crippen LogP) is 3.70. The number of fused-ring (bicyclic) bond motifs is 1. The molecule has 0 aliphatic rings. The molecular formula is C22H17NO7. The SMILES string of the molecule is Nc1ccc(-c2cccc(-c3c(O)c(O)c(O)c4c(O)c(O)c(O)c(O)c34)c2)cc1. The van der Waals surface area contributed by atoms with Crippen LogP contribution in [0, 0.1) is 0 Å². The van der Waals surface area contributed by atoms with Crippen LogP contribution >= 0.6 is 0 Å². The zero-order chi connectivity index (χ0) is 21.7. The van der Waals surface area contributed by atoms with Gasteiger partial charge in [-0.15, -0.1) is 0 Å². The number of nitrogen functional groups attached to an aromatic ring is 1. The summed E-state index contributed by atoms with van der Waals surface area (Å²) in [4.78, 5) is 0. The lowest BCUT2D eigenvalue weighted by Gasteiger charge is -2.17. The van der Waals surface area contributed by atoms with E-state index < -0.39 is 45.6 Å². The lowest BCUT2D eigenvalue weighted by Crippen LogP contribution is -1.89. The molecule has 8 heteroatoms. The Morgan fingerprint density at radius 1 is 0.467 bits per heavy atom. The fourth-order valence-electron chi connectivity index (χ4n) is 3.45. The van der Waals surface area contributed by atoms with Crippen LogP contribution in [-0.2, 0) is 0 Å². The van der Waals surface area contributed by atoms with Crippen molar-refractivity contribution in [1.82, 2.24) is 0 Å². The molecule has 9 N–H and O–H groups in total. The van der Waals surface area contributed by atoms with Crippen LogP contribution in [0.1, 0.15) is 0 Å². The van der Waals surface area contributed by atoms with E-state index in [2.05, 4.69) is 0 Å². The molecule has 0 aromatic heterocycles. The third-order valence-corrected chi connectivity index (χ3v) is 4.96. The molecule has 0 fully saturated rings. The number of nitrogens with two attached hydrogens (primary N) is 1. The molecular weight excluding hydrogens is 390 g/mol. The second-order valence-electron chi connectivity index (χ2n) is 6.77. The molecule has 0 aliphatic heterocycles. The summed E-state index contributed by atoms with van der Waals surface area (Å²) in [5, 5.41) is 70.5. The molecule has 0 aliphatic carbocycles. The molecule has 4 aromatic carbocycles. The lowest BCUT2D eigenvalue weighted by molar-refractivity contribution is 0.347. The van der Waals surface area contributed by atoms with Crippen LogP contribution in [-0.4, -0.2) is 35.7 Å². The van der Waals surface area contributed by atoms with Crippen molar-refractivity contribution in [3.8, 4) is 62.5 Å². The number of phenols is 7. The van der Waals surface area contributed by atoms with E-state index in [1.54, 1.807) is 48.5 Å². The molecule has 0 atom stereocenters. The Hall–Kier alpha value is -4.46. The number of hydrogen-bond donors (Lipinski definition) is 8. The molecule has 0 radical (unpaired) electrons. The minimum atomic E-state index is -1.08. The first-order valence-corrected chi connectivity index (χ1v) is 8.75. The molecule has 4 aromatic rings. The Morgan fingerprint density at radius 2 is 0.967 bits per heavy atom. The van der Waals surface area contributed by atoms with Gasteiger partial charge < -0.3 is 41.5 Å². The second-order valence-corrected chi connectivity index (χ2v) is 6.77. The van der Waals surface area contributed by atoms with Crippen molar-refractivity contribution in [2.75, 3.05) is 5.73 Å². The summed E-state index contributed by atoms with van der Waals surface area (Å²) >= 11 is 0. The molecule has 0 heterocycles. The summed E-state index contributed by atoms with van der Waals surface area (Å²) in [6.45, 7) is 0.